The summed E-state index contributed by atoms with van der Waals surface area (Å²) in [4.78, 5) is 0. The fourth-order valence-corrected chi connectivity index (χ4v) is 3.63. The summed E-state index contributed by atoms with van der Waals surface area (Å²) in [6.45, 7) is 2.26. The number of hydrogen-bond acceptors (Lipinski definition) is 0. The minimum atomic E-state index is -0.238. The van der Waals surface area contributed by atoms with Crippen molar-refractivity contribution in [2.45, 2.75) is 58.3 Å². The Labute approximate surface area is 181 Å². The van der Waals surface area contributed by atoms with Crippen LogP contribution in [-0.4, -0.2) is 0 Å². The first kappa shape index (κ1) is 21.8. The summed E-state index contributed by atoms with van der Waals surface area (Å²) in [7, 11) is 0. The molecule has 0 aliphatic rings. The highest BCUT2D eigenvalue weighted by Crippen LogP contribution is 2.23. The molecule has 0 aliphatic carbocycles. The Morgan fingerprint density at radius 3 is 2.00 bits per heavy atom. The average molecular weight is 399 g/mol. The van der Waals surface area contributed by atoms with Crippen LogP contribution in [0.25, 0.3) is 11.1 Å². The Morgan fingerprint density at radius 2 is 1.30 bits per heavy atom. The molecule has 154 valence electrons. The summed E-state index contributed by atoms with van der Waals surface area (Å²) in [5.74, 6) is 6.00. The molecule has 30 heavy (non-hydrogen) atoms. The van der Waals surface area contributed by atoms with Crippen molar-refractivity contribution in [3.05, 3.63) is 95.3 Å². The molecule has 3 aromatic rings. The lowest BCUT2D eigenvalue weighted by Crippen LogP contribution is -1.87. The van der Waals surface area contributed by atoms with E-state index in [0.29, 0.717) is 11.1 Å². The second-order valence-corrected chi connectivity index (χ2v) is 7.88. The number of hydrogen-bond donors (Lipinski definition) is 0. The van der Waals surface area contributed by atoms with Gasteiger partial charge in [-0.15, -0.1) is 0 Å². The average Bonchev–Trinajstić information content (AvgIpc) is 2.78. The fourth-order valence-electron chi connectivity index (χ4n) is 3.63. The summed E-state index contributed by atoms with van der Waals surface area (Å²) in [5.41, 5.74) is 4.51. The van der Waals surface area contributed by atoms with Crippen molar-refractivity contribution in [1.29, 1.82) is 0 Å². The van der Waals surface area contributed by atoms with Crippen LogP contribution in [0.3, 0.4) is 0 Å². The van der Waals surface area contributed by atoms with Crippen molar-refractivity contribution in [2.24, 2.45) is 0 Å². The predicted octanol–water partition coefficient (Wildman–Crippen LogP) is 8.19. The Hall–Kier alpha value is -2.85. The summed E-state index contributed by atoms with van der Waals surface area (Å²) >= 11 is 0. The van der Waals surface area contributed by atoms with E-state index in [1.807, 2.05) is 36.4 Å². The quantitative estimate of drug-likeness (QED) is 0.252. The monoisotopic (exact) mass is 398 g/mol. The van der Waals surface area contributed by atoms with Gasteiger partial charge in [0.05, 0.1) is 0 Å². The smallest absolute Gasteiger partial charge is 0.132 e. The third kappa shape index (κ3) is 6.89. The molecule has 0 bridgehead atoms. The molecular weight excluding hydrogens is 367 g/mol. The topological polar surface area (TPSA) is 0 Å². The van der Waals surface area contributed by atoms with E-state index in [1.54, 1.807) is 6.07 Å². The zero-order valence-electron chi connectivity index (χ0n) is 18.0. The third-order valence-corrected chi connectivity index (χ3v) is 5.43. The standard InChI is InChI=1S/C29H31F/c1-2-3-4-5-6-7-9-12-24-15-17-25(18-16-24)19-20-26-21-22-28(29(30)23-26)27-13-10-8-11-14-27/h8,10-11,13-18,21-23H,2-7,9,12H2,1H3. The van der Waals surface area contributed by atoms with Gasteiger partial charge in [0.1, 0.15) is 5.82 Å². The minimum absolute atomic E-state index is 0.238. The molecule has 0 heterocycles. The van der Waals surface area contributed by atoms with Crippen LogP contribution in [0.15, 0.2) is 72.8 Å². The van der Waals surface area contributed by atoms with Gasteiger partial charge in [0.25, 0.3) is 0 Å². The normalized spacial score (nSPS) is 10.5. The molecule has 0 N–H and O–H groups in total. The number of aryl methyl sites for hydroxylation is 1. The van der Waals surface area contributed by atoms with Crippen molar-refractivity contribution in [3.8, 4) is 23.0 Å². The molecule has 0 atom stereocenters. The molecule has 3 aromatic carbocycles. The lowest BCUT2D eigenvalue weighted by Gasteiger charge is -2.03. The lowest BCUT2D eigenvalue weighted by molar-refractivity contribution is 0.589. The number of rotatable bonds is 9. The first-order valence-electron chi connectivity index (χ1n) is 11.2. The Balaban J connectivity index is 1.52. The van der Waals surface area contributed by atoms with Gasteiger partial charge in [-0.3, -0.25) is 0 Å². The van der Waals surface area contributed by atoms with Crippen LogP contribution in [0.2, 0.25) is 0 Å². The number of halogens is 1. The molecule has 3 rings (SSSR count). The van der Waals surface area contributed by atoms with Crippen molar-refractivity contribution in [2.75, 3.05) is 0 Å². The second-order valence-electron chi connectivity index (χ2n) is 7.88. The molecule has 0 amide bonds. The summed E-state index contributed by atoms with van der Waals surface area (Å²) in [6, 6.07) is 23.3. The SMILES string of the molecule is CCCCCCCCCc1ccc(C#Cc2ccc(-c3ccccc3)c(F)c2)cc1. The van der Waals surface area contributed by atoms with Crippen LogP contribution in [-0.2, 0) is 6.42 Å². The van der Waals surface area contributed by atoms with E-state index in [0.717, 1.165) is 17.5 Å². The zero-order valence-corrected chi connectivity index (χ0v) is 18.0. The van der Waals surface area contributed by atoms with Gasteiger partial charge in [-0.05, 0) is 48.2 Å². The molecular formula is C29H31F. The molecule has 1 heteroatoms. The van der Waals surface area contributed by atoms with Gasteiger partial charge < -0.3 is 0 Å². The van der Waals surface area contributed by atoms with Crippen molar-refractivity contribution in [1.82, 2.24) is 0 Å². The van der Waals surface area contributed by atoms with Gasteiger partial charge in [-0.2, -0.15) is 0 Å². The maximum atomic E-state index is 14.5. The molecule has 0 spiro atoms. The highest BCUT2D eigenvalue weighted by Gasteiger charge is 2.04. The highest BCUT2D eigenvalue weighted by molar-refractivity contribution is 5.65. The number of benzene rings is 3. The summed E-state index contributed by atoms with van der Waals surface area (Å²) < 4.78 is 14.5. The number of unbranched alkanes of at least 4 members (excludes halogenated alkanes) is 6. The Morgan fingerprint density at radius 1 is 0.667 bits per heavy atom. The molecule has 0 saturated carbocycles. The third-order valence-electron chi connectivity index (χ3n) is 5.43. The molecule has 0 fully saturated rings. The van der Waals surface area contributed by atoms with E-state index in [9.17, 15) is 4.39 Å². The van der Waals surface area contributed by atoms with Gasteiger partial charge in [-0.25, -0.2) is 4.39 Å². The molecule has 0 nitrogen and oxygen atoms in total. The van der Waals surface area contributed by atoms with E-state index < -0.39 is 0 Å². The fraction of sp³-hybridized carbons (Fsp3) is 0.310. The van der Waals surface area contributed by atoms with E-state index in [4.69, 9.17) is 0 Å². The second kappa shape index (κ2) is 12.0. The van der Waals surface area contributed by atoms with Crippen LogP contribution >= 0.6 is 0 Å². The van der Waals surface area contributed by atoms with Crippen LogP contribution in [0.1, 0.15) is 68.6 Å². The van der Waals surface area contributed by atoms with Crippen molar-refractivity contribution < 1.29 is 4.39 Å². The Kier molecular flexibility index (Phi) is 8.73. The van der Waals surface area contributed by atoms with Crippen molar-refractivity contribution >= 4 is 0 Å². The lowest BCUT2D eigenvalue weighted by atomic mass is 10.0. The van der Waals surface area contributed by atoms with E-state index >= 15 is 0 Å². The van der Waals surface area contributed by atoms with Crippen LogP contribution < -0.4 is 0 Å². The van der Waals surface area contributed by atoms with Gasteiger partial charge in [0.2, 0.25) is 0 Å². The van der Waals surface area contributed by atoms with Gasteiger partial charge in [0.15, 0.2) is 0 Å². The predicted molar refractivity (Wildman–Crippen MR) is 126 cm³/mol. The van der Waals surface area contributed by atoms with E-state index in [2.05, 4.69) is 43.0 Å². The van der Waals surface area contributed by atoms with Gasteiger partial charge in [-0.1, -0.05) is 106 Å². The summed E-state index contributed by atoms with van der Waals surface area (Å²) in [5, 5.41) is 0. The first-order valence-corrected chi connectivity index (χ1v) is 11.2. The van der Waals surface area contributed by atoms with E-state index in [-0.39, 0.29) is 5.82 Å². The van der Waals surface area contributed by atoms with Crippen LogP contribution in [0.4, 0.5) is 4.39 Å². The zero-order chi connectivity index (χ0) is 21.0. The minimum Gasteiger partial charge on any atom is -0.206 e. The van der Waals surface area contributed by atoms with Crippen molar-refractivity contribution in [3.63, 3.8) is 0 Å². The molecule has 0 unspecified atom stereocenters. The molecule has 0 saturated heterocycles. The van der Waals surface area contributed by atoms with Crippen LogP contribution in [0, 0.1) is 17.7 Å². The maximum Gasteiger partial charge on any atom is 0.132 e. The maximum absolute atomic E-state index is 14.5. The molecule has 0 aliphatic heterocycles. The van der Waals surface area contributed by atoms with Gasteiger partial charge in [0, 0.05) is 16.7 Å². The van der Waals surface area contributed by atoms with E-state index in [1.165, 1.54) is 56.6 Å². The van der Waals surface area contributed by atoms with Crippen LogP contribution in [0.5, 0.6) is 0 Å². The largest absolute Gasteiger partial charge is 0.206 e. The summed E-state index contributed by atoms with van der Waals surface area (Å²) in [6.07, 6.45) is 10.5. The molecule has 0 radical (unpaired) electrons. The van der Waals surface area contributed by atoms with Gasteiger partial charge >= 0.3 is 0 Å². The Bertz CT molecular complexity index is 959. The molecule has 0 aromatic heterocycles. The first-order chi connectivity index (χ1) is 14.8. The highest BCUT2D eigenvalue weighted by atomic mass is 19.1.